The van der Waals surface area contributed by atoms with Crippen molar-refractivity contribution in [3.63, 3.8) is 0 Å². The third-order valence-corrected chi connectivity index (χ3v) is 2.74. The van der Waals surface area contributed by atoms with E-state index in [2.05, 4.69) is 21.2 Å². The fraction of sp³-hybridized carbons (Fsp3) is 0.400. The van der Waals surface area contributed by atoms with Crippen LogP contribution in [0.3, 0.4) is 0 Å². The Morgan fingerprint density at radius 3 is 2.65 bits per heavy atom. The second-order valence-corrected chi connectivity index (χ2v) is 4.97. The Kier molecular flexibility index (Phi) is 4.05. The zero-order valence-corrected chi connectivity index (χ0v) is 10.9. The van der Waals surface area contributed by atoms with Crippen molar-refractivity contribution in [1.29, 1.82) is 0 Å². The Morgan fingerprint density at radius 1 is 1.59 bits per heavy atom. The van der Waals surface area contributed by atoms with Crippen molar-refractivity contribution in [3.05, 3.63) is 32.5 Å². The topological polar surface area (TPSA) is 75.4 Å². The SMILES string of the molecule is CC(C)(O)CNc1c([N+](=O)[O-])ccc(F)c1Br. The van der Waals surface area contributed by atoms with Gasteiger partial charge in [-0.05, 0) is 35.8 Å². The Balaban J connectivity index is 3.11. The van der Waals surface area contributed by atoms with Crippen LogP contribution in [0, 0.1) is 15.9 Å². The Labute approximate surface area is 106 Å². The molecule has 0 amide bonds. The minimum absolute atomic E-state index is 0.0176. The van der Waals surface area contributed by atoms with Gasteiger partial charge in [-0.25, -0.2) is 4.39 Å². The van der Waals surface area contributed by atoms with E-state index in [-0.39, 0.29) is 22.4 Å². The van der Waals surface area contributed by atoms with Gasteiger partial charge in [0.15, 0.2) is 0 Å². The van der Waals surface area contributed by atoms with Crippen LogP contribution in [0.1, 0.15) is 13.8 Å². The summed E-state index contributed by atoms with van der Waals surface area (Å²) in [6, 6.07) is 2.09. The minimum Gasteiger partial charge on any atom is -0.389 e. The molecule has 0 aliphatic heterocycles. The standard InChI is InChI=1S/C10H12BrFN2O3/c1-10(2,15)5-13-9-7(14(16)17)4-3-6(12)8(9)11/h3-4,13,15H,5H2,1-2H3. The predicted octanol–water partition coefficient (Wildman–Crippen LogP) is 2.68. The van der Waals surface area contributed by atoms with Crippen molar-refractivity contribution in [3.8, 4) is 0 Å². The Morgan fingerprint density at radius 2 is 2.18 bits per heavy atom. The molecule has 0 spiro atoms. The molecule has 7 heteroatoms. The number of nitrogens with zero attached hydrogens (tertiary/aromatic N) is 1. The normalized spacial score (nSPS) is 11.4. The number of halogens is 2. The lowest BCUT2D eigenvalue weighted by Gasteiger charge is -2.19. The first kappa shape index (κ1) is 13.9. The number of hydrogen-bond acceptors (Lipinski definition) is 4. The lowest BCUT2D eigenvalue weighted by atomic mass is 10.1. The molecule has 0 aliphatic carbocycles. The maximum atomic E-state index is 13.3. The molecule has 0 unspecified atom stereocenters. The molecular weight excluding hydrogens is 295 g/mol. The van der Waals surface area contributed by atoms with Gasteiger partial charge in [-0.2, -0.15) is 0 Å². The van der Waals surface area contributed by atoms with Crippen molar-refractivity contribution in [2.75, 3.05) is 11.9 Å². The predicted molar refractivity (Wildman–Crippen MR) is 65.5 cm³/mol. The smallest absolute Gasteiger partial charge is 0.293 e. The van der Waals surface area contributed by atoms with E-state index in [4.69, 9.17) is 0 Å². The summed E-state index contributed by atoms with van der Waals surface area (Å²) < 4.78 is 13.3. The van der Waals surface area contributed by atoms with Gasteiger partial charge in [0, 0.05) is 12.6 Å². The fourth-order valence-corrected chi connectivity index (χ4v) is 1.64. The summed E-state index contributed by atoms with van der Waals surface area (Å²) in [6.07, 6.45) is 0. The van der Waals surface area contributed by atoms with E-state index < -0.39 is 16.3 Å². The molecule has 0 aromatic heterocycles. The van der Waals surface area contributed by atoms with E-state index in [9.17, 15) is 19.6 Å². The van der Waals surface area contributed by atoms with Crippen LogP contribution in [0.5, 0.6) is 0 Å². The molecule has 1 rings (SSSR count). The highest BCUT2D eigenvalue weighted by atomic mass is 79.9. The van der Waals surface area contributed by atoms with E-state index in [0.29, 0.717) is 0 Å². The molecule has 2 N–H and O–H groups in total. The molecule has 1 aromatic carbocycles. The van der Waals surface area contributed by atoms with Crippen molar-refractivity contribution in [1.82, 2.24) is 0 Å². The number of nitro groups is 1. The molecule has 0 radical (unpaired) electrons. The lowest BCUT2D eigenvalue weighted by molar-refractivity contribution is -0.384. The van der Waals surface area contributed by atoms with Crippen LogP contribution in [-0.2, 0) is 0 Å². The number of nitro benzene ring substituents is 1. The lowest BCUT2D eigenvalue weighted by Crippen LogP contribution is -2.29. The van der Waals surface area contributed by atoms with Crippen LogP contribution in [-0.4, -0.2) is 22.2 Å². The quantitative estimate of drug-likeness (QED) is 0.662. The average molecular weight is 307 g/mol. The highest BCUT2D eigenvalue weighted by Gasteiger charge is 2.22. The van der Waals surface area contributed by atoms with Crippen molar-refractivity contribution < 1.29 is 14.4 Å². The van der Waals surface area contributed by atoms with Crippen LogP contribution in [0.2, 0.25) is 0 Å². The third kappa shape index (κ3) is 3.64. The fourth-order valence-electron chi connectivity index (χ4n) is 1.17. The Bertz CT molecular complexity index is 446. The summed E-state index contributed by atoms with van der Waals surface area (Å²) in [6.45, 7) is 3.15. The summed E-state index contributed by atoms with van der Waals surface area (Å²) in [5.74, 6) is -0.603. The molecule has 1 aromatic rings. The van der Waals surface area contributed by atoms with E-state index >= 15 is 0 Å². The molecule has 0 aliphatic rings. The first-order chi connectivity index (χ1) is 7.72. The van der Waals surface area contributed by atoms with E-state index in [1.165, 1.54) is 0 Å². The van der Waals surface area contributed by atoms with Crippen LogP contribution in [0.4, 0.5) is 15.8 Å². The van der Waals surface area contributed by atoms with Crippen molar-refractivity contribution in [2.24, 2.45) is 0 Å². The Hall–Kier alpha value is -1.21. The van der Waals surface area contributed by atoms with Gasteiger partial charge >= 0.3 is 0 Å². The molecule has 94 valence electrons. The van der Waals surface area contributed by atoms with E-state index in [1.54, 1.807) is 13.8 Å². The van der Waals surface area contributed by atoms with Gasteiger partial charge in [0.05, 0.1) is 15.0 Å². The number of aliphatic hydroxyl groups is 1. The van der Waals surface area contributed by atoms with Crippen LogP contribution >= 0.6 is 15.9 Å². The number of hydrogen-bond donors (Lipinski definition) is 2. The van der Waals surface area contributed by atoms with E-state index in [0.717, 1.165) is 12.1 Å². The van der Waals surface area contributed by atoms with Gasteiger partial charge in [0.1, 0.15) is 11.5 Å². The van der Waals surface area contributed by atoms with Gasteiger partial charge in [0.2, 0.25) is 0 Å². The minimum atomic E-state index is -1.06. The van der Waals surface area contributed by atoms with Gasteiger partial charge in [-0.3, -0.25) is 10.1 Å². The summed E-state index contributed by atoms with van der Waals surface area (Å²) in [4.78, 5) is 10.2. The first-order valence-corrected chi connectivity index (χ1v) is 5.60. The summed E-state index contributed by atoms with van der Waals surface area (Å²) >= 11 is 2.94. The highest BCUT2D eigenvalue weighted by Crippen LogP contribution is 2.34. The summed E-state index contributed by atoms with van der Waals surface area (Å²) in [5.41, 5.74) is -1.28. The number of benzene rings is 1. The van der Waals surface area contributed by atoms with Crippen LogP contribution in [0.15, 0.2) is 16.6 Å². The molecule has 0 heterocycles. The molecule has 0 fully saturated rings. The monoisotopic (exact) mass is 306 g/mol. The molecular formula is C10H12BrFN2O3. The molecule has 0 atom stereocenters. The second-order valence-electron chi connectivity index (χ2n) is 4.18. The van der Waals surface area contributed by atoms with Crippen LogP contribution < -0.4 is 5.32 Å². The van der Waals surface area contributed by atoms with Gasteiger partial charge in [0.25, 0.3) is 5.69 Å². The zero-order chi connectivity index (χ0) is 13.2. The maximum Gasteiger partial charge on any atom is 0.293 e. The number of nitrogens with one attached hydrogen (secondary N) is 1. The third-order valence-electron chi connectivity index (χ3n) is 1.97. The molecule has 0 bridgehead atoms. The van der Waals surface area contributed by atoms with Crippen molar-refractivity contribution in [2.45, 2.75) is 19.4 Å². The largest absolute Gasteiger partial charge is 0.389 e. The molecule has 5 nitrogen and oxygen atoms in total. The molecule has 17 heavy (non-hydrogen) atoms. The highest BCUT2D eigenvalue weighted by molar-refractivity contribution is 9.10. The summed E-state index contributed by atoms with van der Waals surface area (Å²) in [5, 5.41) is 23.0. The van der Waals surface area contributed by atoms with E-state index in [1.807, 2.05) is 0 Å². The van der Waals surface area contributed by atoms with Gasteiger partial charge in [-0.1, -0.05) is 0 Å². The maximum absolute atomic E-state index is 13.3. The summed E-state index contributed by atoms with van der Waals surface area (Å²) in [7, 11) is 0. The second kappa shape index (κ2) is 4.97. The van der Waals surface area contributed by atoms with Crippen LogP contribution in [0.25, 0.3) is 0 Å². The average Bonchev–Trinajstić information content (AvgIpc) is 2.18. The number of anilines is 1. The van der Waals surface area contributed by atoms with Gasteiger partial charge < -0.3 is 10.4 Å². The van der Waals surface area contributed by atoms with Crippen molar-refractivity contribution >= 4 is 27.3 Å². The number of rotatable bonds is 4. The first-order valence-electron chi connectivity index (χ1n) is 4.81. The molecule has 0 saturated carbocycles. The van der Waals surface area contributed by atoms with Gasteiger partial charge in [-0.15, -0.1) is 0 Å². The zero-order valence-electron chi connectivity index (χ0n) is 9.33. The molecule has 0 saturated heterocycles.